The lowest BCUT2D eigenvalue weighted by Crippen LogP contribution is -1.95. The average molecular weight is 462 g/mol. The number of aromatic nitrogens is 1. The van der Waals surface area contributed by atoms with E-state index in [0.717, 1.165) is 44.4 Å². The second kappa shape index (κ2) is 10.6. The second-order valence-corrected chi connectivity index (χ2v) is 8.52. The Kier molecular flexibility index (Phi) is 6.74. The summed E-state index contributed by atoms with van der Waals surface area (Å²) in [6, 6.07) is 36.7. The molecule has 0 aliphatic rings. The first kappa shape index (κ1) is 21.6. The van der Waals surface area contributed by atoms with E-state index in [9.17, 15) is 0 Å². The molecule has 0 bridgehead atoms. The molecule has 0 spiro atoms. The molecule has 0 saturated carbocycles. The van der Waals surface area contributed by atoms with Crippen LogP contribution in [0.25, 0.3) is 22.4 Å². The summed E-state index contributed by atoms with van der Waals surface area (Å²) >= 11 is 1.53. The summed E-state index contributed by atoms with van der Waals surface area (Å²) in [7, 11) is 0. The summed E-state index contributed by atoms with van der Waals surface area (Å²) in [4.78, 5) is 4.62. The number of hydrazone groups is 1. The molecule has 0 atom stereocenters. The zero-order valence-corrected chi connectivity index (χ0v) is 19.3. The Morgan fingerprint density at radius 1 is 0.765 bits per heavy atom. The van der Waals surface area contributed by atoms with E-state index in [4.69, 9.17) is 4.74 Å². The molecule has 5 rings (SSSR count). The number of thiazole rings is 1. The van der Waals surface area contributed by atoms with Crippen LogP contribution in [0.5, 0.6) is 5.75 Å². The predicted molar refractivity (Wildman–Crippen MR) is 141 cm³/mol. The summed E-state index contributed by atoms with van der Waals surface area (Å²) in [5, 5.41) is 7.22. The summed E-state index contributed by atoms with van der Waals surface area (Å²) in [6.07, 6.45) is 1.83. The van der Waals surface area contributed by atoms with E-state index in [1.54, 1.807) is 0 Å². The Morgan fingerprint density at radius 2 is 1.47 bits per heavy atom. The quantitative estimate of drug-likeness (QED) is 0.192. The topological polar surface area (TPSA) is 46.5 Å². The lowest BCUT2D eigenvalue weighted by molar-refractivity contribution is 0.306. The molecule has 1 heterocycles. The fourth-order valence-electron chi connectivity index (χ4n) is 3.57. The highest BCUT2D eigenvalue weighted by molar-refractivity contribution is 7.14. The first-order chi connectivity index (χ1) is 16.8. The first-order valence-corrected chi connectivity index (χ1v) is 11.9. The highest BCUT2D eigenvalue weighted by atomic mass is 32.1. The van der Waals surface area contributed by atoms with E-state index in [1.165, 1.54) is 11.3 Å². The Bertz CT molecular complexity index is 1360. The molecule has 5 aromatic rings. The van der Waals surface area contributed by atoms with Crippen molar-refractivity contribution < 1.29 is 4.74 Å². The Balaban J connectivity index is 1.25. The molecule has 0 aliphatic carbocycles. The summed E-state index contributed by atoms with van der Waals surface area (Å²) < 4.78 is 5.92. The molecule has 0 aliphatic heterocycles. The van der Waals surface area contributed by atoms with Gasteiger partial charge in [0.05, 0.1) is 11.9 Å². The van der Waals surface area contributed by atoms with Crippen molar-refractivity contribution in [3.05, 3.63) is 126 Å². The molecule has 0 saturated heterocycles. The number of ether oxygens (including phenoxy) is 1. The Morgan fingerprint density at radius 3 is 2.26 bits per heavy atom. The number of hydrogen-bond acceptors (Lipinski definition) is 5. The van der Waals surface area contributed by atoms with Gasteiger partial charge in [0.1, 0.15) is 12.4 Å². The van der Waals surface area contributed by atoms with Crippen LogP contribution < -0.4 is 10.2 Å². The third kappa shape index (κ3) is 5.39. The van der Waals surface area contributed by atoms with Crippen molar-refractivity contribution in [1.82, 2.24) is 4.98 Å². The van der Waals surface area contributed by atoms with Crippen LogP contribution >= 0.6 is 11.3 Å². The first-order valence-electron chi connectivity index (χ1n) is 11.0. The molecule has 1 aromatic heterocycles. The van der Waals surface area contributed by atoms with Crippen LogP contribution in [0.4, 0.5) is 5.13 Å². The highest BCUT2D eigenvalue weighted by Crippen LogP contribution is 2.26. The van der Waals surface area contributed by atoms with Gasteiger partial charge < -0.3 is 4.74 Å². The maximum atomic E-state index is 5.92. The largest absolute Gasteiger partial charge is 0.489 e. The molecule has 5 heteroatoms. The molecule has 0 radical (unpaired) electrons. The fourth-order valence-corrected chi connectivity index (χ4v) is 4.24. The number of hydrogen-bond donors (Lipinski definition) is 1. The van der Waals surface area contributed by atoms with Crippen LogP contribution in [0, 0.1) is 0 Å². The lowest BCUT2D eigenvalue weighted by Gasteiger charge is -2.09. The van der Waals surface area contributed by atoms with Gasteiger partial charge in [-0.15, -0.1) is 11.3 Å². The van der Waals surface area contributed by atoms with Crippen LogP contribution in [0.1, 0.15) is 11.1 Å². The van der Waals surface area contributed by atoms with Gasteiger partial charge in [-0.1, -0.05) is 97.1 Å². The summed E-state index contributed by atoms with van der Waals surface area (Å²) in [5.41, 5.74) is 9.48. The number of nitrogens with zero attached hydrogens (tertiary/aromatic N) is 2. The molecule has 34 heavy (non-hydrogen) atoms. The number of rotatable bonds is 8. The standard InChI is InChI=1S/C29H23N3OS/c1-3-9-22(10-4-1)20-33-26-17-15-23(16-18-26)27-14-8-7-13-25(27)19-30-32-29-31-28(21-34-29)24-11-5-2-6-12-24/h1-19,21H,20H2,(H,31,32). The van der Waals surface area contributed by atoms with Crippen LogP contribution in [0.3, 0.4) is 0 Å². The number of nitrogens with one attached hydrogen (secondary N) is 1. The van der Waals surface area contributed by atoms with E-state index in [1.807, 2.05) is 72.3 Å². The van der Waals surface area contributed by atoms with Crippen molar-refractivity contribution in [3.8, 4) is 28.1 Å². The van der Waals surface area contributed by atoms with Crippen molar-refractivity contribution in [3.63, 3.8) is 0 Å². The fraction of sp³-hybridized carbons (Fsp3) is 0.0345. The third-order valence-corrected chi connectivity index (χ3v) is 6.06. The van der Waals surface area contributed by atoms with E-state index < -0.39 is 0 Å². The zero-order valence-electron chi connectivity index (χ0n) is 18.5. The van der Waals surface area contributed by atoms with Crippen molar-refractivity contribution in [1.29, 1.82) is 0 Å². The van der Waals surface area contributed by atoms with Gasteiger partial charge in [0.2, 0.25) is 5.13 Å². The maximum absolute atomic E-state index is 5.92. The van der Waals surface area contributed by atoms with Crippen molar-refractivity contribution in [2.24, 2.45) is 5.10 Å². The monoisotopic (exact) mass is 461 g/mol. The normalized spacial score (nSPS) is 10.9. The second-order valence-electron chi connectivity index (χ2n) is 7.66. The lowest BCUT2D eigenvalue weighted by atomic mass is 10.0. The maximum Gasteiger partial charge on any atom is 0.203 e. The van der Waals surface area contributed by atoms with Gasteiger partial charge >= 0.3 is 0 Å². The van der Waals surface area contributed by atoms with E-state index in [2.05, 4.69) is 64.0 Å². The molecule has 0 unspecified atom stereocenters. The minimum atomic E-state index is 0.553. The Hall–Kier alpha value is -4.22. The zero-order chi connectivity index (χ0) is 23.0. The molecular formula is C29H23N3OS. The molecule has 166 valence electrons. The van der Waals surface area contributed by atoms with Gasteiger partial charge in [-0.05, 0) is 28.8 Å². The van der Waals surface area contributed by atoms with Crippen molar-refractivity contribution >= 4 is 22.7 Å². The molecule has 0 amide bonds. The van der Waals surface area contributed by atoms with Crippen LogP contribution in [-0.2, 0) is 6.61 Å². The summed E-state index contributed by atoms with van der Waals surface area (Å²) in [5.74, 6) is 0.846. The predicted octanol–water partition coefficient (Wildman–Crippen LogP) is 7.50. The minimum absolute atomic E-state index is 0.553. The third-order valence-electron chi connectivity index (χ3n) is 5.31. The van der Waals surface area contributed by atoms with Crippen molar-refractivity contribution in [2.75, 3.05) is 5.43 Å². The molecule has 1 N–H and O–H groups in total. The molecule has 4 nitrogen and oxygen atoms in total. The number of anilines is 1. The van der Waals surface area contributed by atoms with Crippen LogP contribution in [0.2, 0.25) is 0 Å². The van der Waals surface area contributed by atoms with Gasteiger partial charge in [0, 0.05) is 16.5 Å². The molecule has 0 fully saturated rings. The van der Waals surface area contributed by atoms with Gasteiger partial charge in [-0.3, -0.25) is 5.43 Å². The molecular weight excluding hydrogens is 438 g/mol. The van der Waals surface area contributed by atoms with E-state index >= 15 is 0 Å². The average Bonchev–Trinajstić information content (AvgIpc) is 3.38. The number of benzene rings is 4. The molecule has 4 aromatic carbocycles. The van der Waals surface area contributed by atoms with Gasteiger partial charge in [-0.25, -0.2) is 4.98 Å². The van der Waals surface area contributed by atoms with Gasteiger partial charge in [0.15, 0.2) is 0 Å². The minimum Gasteiger partial charge on any atom is -0.489 e. The summed E-state index contributed by atoms with van der Waals surface area (Å²) in [6.45, 7) is 0.553. The van der Waals surface area contributed by atoms with Crippen LogP contribution in [0.15, 0.2) is 120 Å². The van der Waals surface area contributed by atoms with E-state index in [-0.39, 0.29) is 0 Å². The van der Waals surface area contributed by atoms with E-state index in [0.29, 0.717) is 6.61 Å². The SMILES string of the molecule is C(=NNc1nc(-c2ccccc2)cs1)c1ccccc1-c1ccc(OCc2ccccc2)cc1. The Labute approximate surface area is 203 Å². The van der Waals surface area contributed by atoms with Gasteiger partial charge in [-0.2, -0.15) is 5.10 Å². The van der Waals surface area contributed by atoms with Crippen LogP contribution in [-0.4, -0.2) is 11.2 Å². The highest BCUT2D eigenvalue weighted by Gasteiger charge is 2.05. The van der Waals surface area contributed by atoms with Gasteiger partial charge in [0.25, 0.3) is 0 Å². The smallest absolute Gasteiger partial charge is 0.203 e. The van der Waals surface area contributed by atoms with Crippen molar-refractivity contribution in [2.45, 2.75) is 6.61 Å².